The van der Waals surface area contributed by atoms with Gasteiger partial charge in [0.05, 0.1) is 12.7 Å². The molecule has 3 rings (SSSR count). The lowest BCUT2D eigenvalue weighted by atomic mass is 9.96. The molecule has 1 fully saturated rings. The van der Waals surface area contributed by atoms with Crippen molar-refractivity contribution in [3.05, 3.63) is 41.8 Å². The van der Waals surface area contributed by atoms with Crippen molar-refractivity contribution < 1.29 is 18.7 Å². The standard InChI is InChI=1S/C17H17FN2O3/c1-23-16(22)17(8-2-3-9-17)20-15(21)12-7-6-11-5-4-10-19-14(11)13(12)18/h4-7,10H,2-3,8-9H2,1H3,(H,20,21). The minimum absolute atomic E-state index is 0.119. The number of fused-ring (bicyclic) bond motifs is 1. The van der Waals surface area contributed by atoms with Gasteiger partial charge >= 0.3 is 5.97 Å². The average molecular weight is 316 g/mol. The van der Waals surface area contributed by atoms with Crippen molar-refractivity contribution in [2.24, 2.45) is 0 Å². The number of halogens is 1. The summed E-state index contributed by atoms with van der Waals surface area (Å²) >= 11 is 0. The first kappa shape index (κ1) is 15.4. The number of esters is 1. The number of carbonyl (C=O) groups excluding carboxylic acids is 2. The Morgan fingerprint density at radius 2 is 2.00 bits per heavy atom. The zero-order valence-corrected chi connectivity index (χ0v) is 12.8. The van der Waals surface area contributed by atoms with E-state index in [9.17, 15) is 14.0 Å². The van der Waals surface area contributed by atoms with Gasteiger partial charge in [-0.3, -0.25) is 9.78 Å². The van der Waals surface area contributed by atoms with Crippen molar-refractivity contribution in [3.63, 3.8) is 0 Å². The third-order valence-corrected chi connectivity index (χ3v) is 4.34. The molecular weight excluding hydrogens is 299 g/mol. The van der Waals surface area contributed by atoms with Gasteiger partial charge in [0.1, 0.15) is 11.1 Å². The molecular formula is C17H17FN2O3. The molecule has 0 spiro atoms. The van der Waals surface area contributed by atoms with Crippen molar-refractivity contribution in [3.8, 4) is 0 Å². The fraction of sp³-hybridized carbons (Fsp3) is 0.353. The molecule has 0 bridgehead atoms. The van der Waals surface area contributed by atoms with E-state index < -0.39 is 23.2 Å². The summed E-state index contributed by atoms with van der Waals surface area (Å²) in [6, 6.07) is 6.47. The number of ether oxygens (including phenoxy) is 1. The summed E-state index contributed by atoms with van der Waals surface area (Å²) in [5, 5.41) is 3.30. The molecule has 0 saturated heterocycles. The Bertz CT molecular complexity index is 770. The van der Waals surface area contributed by atoms with Gasteiger partial charge in [-0.2, -0.15) is 0 Å². The number of aromatic nitrogens is 1. The van der Waals surface area contributed by atoms with Crippen LogP contribution in [0, 0.1) is 5.82 Å². The van der Waals surface area contributed by atoms with Gasteiger partial charge in [-0.25, -0.2) is 9.18 Å². The first-order valence-electron chi connectivity index (χ1n) is 7.51. The van der Waals surface area contributed by atoms with Crippen LogP contribution >= 0.6 is 0 Å². The average Bonchev–Trinajstić information content (AvgIpc) is 3.04. The molecule has 1 saturated carbocycles. The second-order valence-electron chi connectivity index (χ2n) is 5.74. The van der Waals surface area contributed by atoms with Crippen LogP contribution in [0.5, 0.6) is 0 Å². The number of carbonyl (C=O) groups is 2. The molecule has 1 heterocycles. The van der Waals surface area contributed by atoms with Gasteiger partial charge in [0, 0.05) is 11.6 Å². The maximum absolute atomic E-state index is 14.6. The van der Waals surface area contributed by atoms with E-state index >= 15 is 0 Å². The second-order valence-corrected chi connectivity index (χ2v) is 5.74. The van der Waals surface area contributed by atoms with Gasteiger partial charge < -0.3 is 10.1 Å². The molecule has 6 heteroatoms. The van der Waals surface area contributed by atoms with Crippen LogP contribution in [-0.2, 0) is 9.53 Å². The first-order valence-corrected chi connectivity index (χ1v) is 7.51. The van der Waals surface area contributed by atoms with Gasteiger partial charge in [-0.05, 0) is 25.0 Å². The molecule has 0 aliphatic heterocycles. The maximum Gasteiger partial charge on any atom is 0.331 e. The Kier molecular flexibility index (Phi) is 3.98. The van der Waals surface area contributed by atoms with Gasteiger partial charge in [0.25, 0.3) is 5.91 Å². The van der Waals surface area contributed by atoms with Crippen molar-refractivity contribution >= 4 is 22.8 Å². The van der Waals surface area contributed by atoms with Crippen LogP contribution in [0.25, 0.3) is 10.9 Å². The lowest BCUT2D eigenvalue weighted by Crippen LogP contribution is -2.53. The number of hydrogen-bond donors (Lipinski definition) is 1. The number of benzene rings is 1. The van der Waals surface area contributed by atoms with E-state index in [-0.39, 0.29) is 11.1 Å². The van der Waals surface area contributed by atoms with E-state index in [1.165, 1.54) is 19.4 Å². The molecule has 1 N–H and O–H groups in total. The SMILES string of the molecule is COC(=O)C1(NC(=O)c2ccc3cccnc3c2F)CCCC1. The summed E-state index contributed by atoms with van der Waals surface area (Å²) in [6.07, 6.45) is 4.10. The van der Waals surface area contributed by atoms with E-state index in [2.05, 4.69) is 10.3 Å². The van der Waals surface area contributed by atoms with E-state index in [1.54, 1.807) is 18.2 Å². The largest absolute Gasteiger partial charge is 0.467 e. The Hall–Kier alpha value is -2.50. The molecule has 1 aliphatic carbocycles. The lowest BCUT2D eigenvalue weighted by Gasteiger charge is -2.27. The van der Waals surface area contributed by atoms with Crippen LogP contribution in [0.2, 0.25) is 0 Å². The highest BCUT2D eigenvalue weighted by Crippen LogP contribution is 2.31. The van der Waals surface area contributed by atoms with Crippen molar-refractivity contribution in [2.45, 2.75) is 31.2 Å². The zero-order valence-electron chi connectivity index (χ0n) is 12.8. The van der Waals surface area contributed by atoms with Crippen LogP contribution in [0.1, 0.15) is 36.0 Å². The van der Waals surface area contributed by atoms with Crippen LogP contribution in [-0.4, -0.2) is 29.5 Å². The Labute approximate surface area is 132 Å². The highest BCUT2D eigenvalue weighted by atomic mass is 19.1. The maximum atomic E-state index is 14.6. The number of nitrogens with zero attached hydrogens (tertiary/aromatic N) is 1. The summed E-state index contributed by atoms with van der Waals surface area (Å²) in [4.78, 5) is 28.5. The number of methoxy groups -OCH3 is 1. The first-order chi connectivity index (χ1) is 11.1. The Morgan fingerprint density at radius 3 is 2.70 bits per heavy atom. The second kappa shape index (κ2) is 5.95. The molecule has 120 valence electrons. The molecule has 0 atom stereocenters. The number of pyridine rings is 1. The summed E-state index contributed by atoms with van der Waals surface area (Å²) in [6.45, 7) is 0. The fourth-order valence-corrected chi connectivity index (χ4v) is 3.12. The van der Waals surface area contributed by atoms with Crippen molar-refractivity contribution in [1.82, 2.24) is 10.3 Å². The Morgan fingerprint density at radius 1 is 1.26 bits per heavy atom. The van der Waals surface area contributed by atoms with Crippen LogP contribution in [0.3, 0.4) is 0 Å². The highest BCUT2D eigenvalue weighted by molar-refractivity contribution is 6.01. The van der Waals surface area contributed by atoms with E-state index in [0.29, 0.717) is 18.2 Å². The molecule has 23 heavy (non-hydrogen) atoms. The van der Waals surface area contributed by atoms with Crippen LogP contribution in [0.15, 0.2) is 30.5 Å². The number of rotatable bonds is 3. The fourth-order valence-electron chi connectivity index (χ4n) is 3.12. The molecule has 2 aromatic rings. The predicted molar refractivity (Wildman–Crippen MR) is 82.4 cm³/mol. The zero-order chi connectivity index (χ0) is 16.4. The third-order valence-electron chi connectivity index (χ3n) is 4.34. The smallest absolute Gasteiger partial charge is 0.331 e. The van der Waals surface area contributed by atoms with Crippen molar-refractivity contribution in [1.29, 1.82) is 0 Å². The number of amides is 1. The predicted octanol–water partition coefficient (Wildman–Crippen LogP) is 2.59. The normalized spacial score (nSPS) is 16.3. The minimum atomic E-state index is -1.06. The third kappa shape index (κ3) is 2.65. The quantitative estimate of drug-likeness (QED) is 0.884. The lowest BCUT2D eigenvalue weighted by molar-refractivity contribution is -0.148. The van der Waals surface area contributed by atoms with Gasteiger partial charge in [0.15, 0.2) is 5.82 Å². The van der Waals surface area contributed by atoms with Crippen molar-refractivity contribution in [2.75, 3.05) is 7.11 Å². The van der Waals surface area contributed by atoms with E-state index in [1.807, 2.05) is 0 Å². The molecule has 1 aliphatic rings. The number of hydrogen-bond acceptors (Lipinski definition) is 4. The summed E-state index contributed by atoms with van der Waals surface area (Å²) in [5.74, 6) is -1.79. The van der Waals surface area contributed by atoms with Crippen LogP contribution < -0.4 is 5.32 Å². The summed E-state index contributed by atoms with van der Waals surface area (Å²) < 4.78 is 19.4. The Balaban J connectivity index is 1.94. The molecule has 0 unspecified atom stereocenters. The molecule has 0 radical (unpaired) electrons. The van der Waals surface area contributed by atoms with Gasteiger partial charge in [-0.1, -0.05) is 25.0 Å². The number of nitrogens with one attached hydrogen (secondary N) is 1. The van der Waals surface area contributed by atoms with Gasteiger partial charge in [-0.15, -0.1) is 0 Å². The molecule has 5 nitrogen and oxygen atoms in total. The summed E-state index contributed by atoms with van der Waals surface area (Å²) in [5.41, 5.74) is -1.04. The van der Waals surface area contributed by atoms with Gasteiger partial charge in [0.2, 0.25) is 0 Å². The van der Waals surface area contributed by atoms with E-state index in [4.69, 9.17) is 4.74 Å². The topological polar surface area (TPSA) is 68.3 Å². The summed E-state index contributed by atoms with van der Waals surface area (Å²) in [7, 11) is 1.29. The van der Waals surface area contributed by atoms with E-state index in [0.717, 1.165) is 12.8 Å². The minimum Gasteiger partial charge on any atom is -0.467 e. The molecule has 1 aromatic heterocycles. The van der Waals surface area contributed by atoms with Crippen LogP contribution in [0.4, 0.5) is 4.39 Å². The highest BCUT2D eigenvalue weighted by Gasteiger charge is 2.44. The molecule has 1 aromatic carbocycles. The molecule has 1 amide bonds. The monoisotopic (exact) mass is 316 g/mol.